The fourth-order valence-electron chi connectivity index (χ4n) is 3.06. The Bertz CT molecular complexity index is 791. The fourth-order valence-corrected chi connectivity index (χ4v) is 3.91. The average Bonchev–Trinajstić information content (AvgIpc) is 2.99. The smallest absolute Gasteiger partial charge is 0.344 e. The first kappa shape index (κ1) is 16.6. The SMILES string of the molecule is CCC(=O)N1CCC[C@H]1COc1cccc2c1C(N)=NS(=O)(=O)N2. The summed E-state index contributed by atoms with van der Waals surface area (Å²) in [6, 6.07) is 5.01. The number of nitrogens with zero attached hydrogens (tertiary/aromatic N) is 2. The van der Waals surface area contributed by atoms with Crippen molar-refractivity contribution >= 4 is 27.6 Å². The number of rotatable bonds is 4. The Hall–Kier alpha value is -2.29. The number of amides is 1. The minimum absolute atomic E-state index is 0.0201. The average molecular weight is 352 g/mol. The van der Waals surface area contributed by atoms with Gasteiger partial charge in [0.1, 0.15) is 12.4 Å². The van der Waals surface area contributed by atoms with Gasteiger partial charge in [0, 0.05) is 13.0 Å². The molecule has 3 rings (SSSR count). The van der Waals surface area contributed by atoms with E-state index in [1.54, 1.807) is 18.2 Å². The zero-order valence-electron chi connectivity index (χ0n) is 13.4. The van der Waals surface area contributed by atoms with E-state index in [2.05, 4.69) is 9.12 Å². The minimum Gasteiger partial charge on any atom is -0.491 e. The number of fused-ring (bicyclic) bond motifs is 1. The van der Waals surface area contributed by atoms with Gasteiger partial charge in [-0.1, -0.05) is 13.0 Å². The molecule has 0 radical (unpaired) electrons. The van der Waals surface area contributed by atoms with Crippen LogP contribution in [0.25, 0.3) is 0 Å². The lowest BCUT2D eigenvalue weighted by Gasteiger charge is -2.25. The van der Waals surface area contributed by atoms with E-state index in [0.717, 1.165) is 19.4 Å². The topological polar surface area (TPSA) is 114 Å². The van der Waals surface area contributed by atoms with Crippen LogP contribution >= 0.6 is 0 Å². The second-order valence-electron chi connectivity index (χ2n) is 5.78. The van der Waals surface area contributed by atoms with Crippen LogP contribution in [-0.4, -0.2) is 44.3 Å². The molecule has 0 aromatic heterocycles. The maximum atomic E-state index is 11.9. The van der Waals surface area contributed by atoms with Gasteiger partial charge in [0.25, 0.3) is 0 Å². The van der Waals surface area contributed by atoms with Crippen molar-refractivity contribution in [2.24, 2.45) is 10.1 Å². The summed E-state index contributed by atoms with van der Waals surface area (Å²) < 4.78 is 34.8. The number of nitrogens with one attached hydrogen (secondary N) is 1. The molecular weight excluding hydrogens is 332 g/mol. The zero-order chi connectivity index (χ0) is 17.3. The molecule has 130 valence electrons. The van der Waals surface area contributed by atoms with Crippen molar-refractivity contribution in [2.75, 3.05) is 17.9 Å². The third-order valence-corrected chi connectivity index (χ3v) is 5.09. The molecule has 0 aliphatic carbocycles. The maximum absolute atomic E-state index is 11.9. The molecule has 3 N–H and O–H groups in total. The third-order valence-electron chi connectivity index (χ3n) is 4.17. The number of hydrogen-bond acceptors (Lipinski definition) is 5. The van der Waals surface area contributed by atoms with Crippen molar-refractivity contribution in [3.8, 4) is 5.75 Å². The molecule has 8 nitrogen and oxygen atoms in total. The Kier molecular flexibility index (Phi) is 4.35. The molecule has 1 aromatic carbocycles. The summed E-state index contributed by atoms with van der Waals surface area (Å²) in [7, 11) is -3.81. The molecule has 1 amide bonds. The highest BCUT2D eigenvalue weighted by Crippen LogP contribution is 2.31. The van der Waals surface area contributed by atoms with Crippen LogP contribution < -0.4 is 15.2 Å². The first-order valence-corrected chi connectivity index (χ1v) is 9.29. The quantitative estimate of drug-likeness (QED) is 0.833. The van der Waals surface area contributed by atoms with Gasteiger partial charge in [-0.05, 0) is 25.0 Å². The highest BCUT2D eigenvalue weighted by molar-refractivity contribution is 7.91. The van der Waals surface area contributed by atoms with Gasteiger partial charge in [0.15, 0.2) is 5.84 Å². The Morgan fingerprint density at radius 2 is 2.29 bits per heavy atom. The summed E-state index contributed by atoms with van der Waals surface area (Å²) in [5, 5.41) is 0. The van der Waals surface area contributed by atoms with E-state index in [-0.39, 0.29) is 17.8 Å². The van der Waals surface area contributed by atoms with Gasteiger partial charge in [-0.15, -0.1) is 4.40 Å². The fraction of sp³-hybridized carbons (Fsp3) is 0.467. The number of likely N-dealkylation sites (tertiary alicyclic amines) is 1. The Morgan fingerprint density at radius 3 is 3.04 bits per heavy atom. The molecule has 0 bridgehead atoms. The molecule has 2 aliphatic heterocycles. The first-order chi connectivity index (χ1) is 11.4. The standard InChI is InChI=1S/C15H20N4O4S/c1-2-13(20)19-8-4-5-10(19)9-23-12-7-3-6-11-14(12)15(16)18-24(21,22)17-11/h3,6-7,10,17H,2,4-5,8-9H2,1H3,(H2,16,18)/t10-/m0/s1. The molecule has 1 fully saturated rings. The van der Waals surface area contributed by atoms with Crippen molar-refractivity contribution < 1.29 is 17.9 Å². The largest absolute Gasteiger partial charge is 0.491 e. The molecule has 2 heterocycles. The number of amidine groups is 1. The first-order valence-electron chi connectivity index (χ1n) is 7.85. The maximum Gasteiger partial charge on any atom is 0.344 e. The van der Waals surface area contributed by atoms with E-state index >= 15 is 0 Å². The number of nitrogens with two attached hydrogens (primary N) is 1. The van der Waals surface area contributed by atoms with Crippen LogP contribution in [0, 0.1) is 0 Å². The van der Waals surface area contributed by atoms with Gasteiger partial charge in [-0.3, -0.25) is 9.52 Å². The highest BCUT2D eigenvalue weighted by Gasteiger charge is 2.29. The molecule has 1 aromatic rings. The molecule has 1 atom stereocenters. The lowest BCUT2D eigenvalue weighted by atomic mass is 10.1. The van der Waals surface area contributed by atoms with Gasteiger partial charge in [0.05, 0.1) is 17.3 Å². The van der Waals surface area contributed by atoms with Gasteiger partial charge < -0.3 is 15.4 Å². The number of anilines is 1. The summed E-state index contributed by atoms with van der Waals surface area (Å²) in [5.74, 6) is 0.462. The minimum atomic E-state index is -3.81. The van der Waals surface area contributed by atoms with Gasteiger partial charge in [0.2, 0.25) is 5.91 Å². The molecule has 2 aliphatic rings. The number of carbonyl (C=O) groups is 1. The molecule has 0 saturated carbocycles. The lowest BCUT2D eigenvalue weighted by molar-refractivity contribution is -0.132. The van der Waals surface area contributed by atoms with Crippen molar-refractivity contribution in [1.29, 1.82) is 0 Å². The number of ether oxygens (including phenoxy) is 1. The summed E-state index contributed by atoms with van der Waals surface area (Å²) in [5.41, 5.74) is 6.56. The summed E-state index contributed by atoms with van der Waals surface area (Å²) in [4.78, 5) is 13.8. The van der Waals surface area contributed by atoms with Crippen molar-refractivity contribution in [3.63, 3.8) is 0 Å². The van der Waals surface area contributed by atoms with E-state index in [4.69, 9.17) is 10.5 Å². The van der Waals surface area contributed by atoms with Crippen LogP contribution in [0.2, 0.25) is 0 Å². The predicted octanol–water partition coefficient (Wildman–Crippen LogP) is 0.842. The lowest BCUT2D eigenvalue weighted by Crippen LogP contribution is -2.38. The predicted molar refractivity (Wildman–Crippen MR) is 90.2 cm³/mol. The van der Waals surface area contributed by atoms with Gasteiger partial charge in [-0.25, -0.2) is 0 Å². The van der Waals surface area contributed by atoms with Crippen LogP contribution in [0.1, 0.15) is 31.7 Å². The summed E-state index contributed by atoms with van der Waals surface area (Å²) in [6.45, 7) is 2.93. The summed E-state index contributed by atoms with van der Waals surface area (Å²) >= 11 is 0. The summed E-state index contributed by atoms with van der Waals surface area (Å²) in [6.07, 6.45) is 2.31. The van der Waals surface area contributed by atoms with Crippen molar-refractivity contribution in [3.05, 3.63) is 23.8 Å². The van der Waals surface area contributed by atoms with Crippen LogP contribution in [-0.2, 0) is 15.0 Å². The van der Waals surface area contributed by atoms with Crippen molar-refractivity contribution in [1.82, 2.24) is 4.90 Å². The van der Waals surface area contributed by atoms with Crippen LogP contribution in [0.5, 0.6) is 5.75 Å². The van der Waals surface area contributed by atoms with Crippen molar-refractivity contribution in [2.45, 2.75) is 32.2 Å². The normalized spacial score (nSPS) is 21.6. The second-order valence-corrected chi connectivity index (χ2v) is 7.12. The molecular formula is C15H20N4O4S. The Morgan fingerprint density at radius 1 is 1.50 bits per heavy atom. The molecule has 0 unspecified atom stereocenters. The van der Waals surface area contributed by atoms with E-state index in [0.29, 0.717) is 30.0 Å². The Labute approximate surface area is 140 Å². The number of benzene rings is 1. The van der Waals surface area contributed by atoms with E-state index in [1.807, 2.05) is 11.8 Å². The zero-order valence-corrected chi connectivity index (χ0v) is 14.2. The van der Waals surface area contributed by atoms with Crippen LogP contribution in [0.4, 0.5) is 5.69 Å². The van der Waals surface area contributed by atoms with E-state index < -0.39 is 10.2 Å². The van der Waals surface area contributed by atoms with Gasteiger partial charge in [-0.2, -0.15) is 8.42 Å². The van der Waals surface area contributed by atoms with E-state index in [9.17, 15) is 13.2 Å². The van der Waals surface area contributed by atoms with E-state index in [1.165, 1.54) is 0 Å². The molecule has 24 heavy (non-hydrogen) atoms. The van der Waals surface area contributed by atoms with Gasteiger partial charge >= 0.3 is 10.2 Å². The Balaban J connectivity index is 1.79. The number of carbonyl (C=O) groups excluding carboxylic acids is 1. The molecule has 0 spiro atoms. The number of hydrogen-bond donors (Lipinski definition) is 2. The molecule has 1 saturated heterocycles. The monoisotopic (exact) mass is 352 g/mol. The molecule has 9 heteroatoms. The second kappa shape index (κ2) is 6.31. The van der Waals surface area contributed by atoms with Crippen LogP contribution in [0.15, 0.2) is 22.6 Å². The third kappa shape index (κ3) is 3.16. The van der Waals surface area contributed by atoms with Crippen LogP contribution in [0.3, 0.4) is 0 Å². The highest BCUT2D eigenvalue weighted by atomic mass is 32.2.